The molecule has 1 aromatic rings. The zero-order valence-corrected chi connectivity index (χ0v) is 16.0. The number of carbonyl (C=O) groups is 1. The highest BCUT2D eigenvalue weighted by Gasteiger charge is 2.21. The fourth-order valence-electron chi connectivity index (χ4n) is 2.97. The van der Waals surface area contributed by atoms with Crippen molar-refractivity contribution in [2.75, 3.05) is 45.1 Å². The van der Waals surface area contributed by atoms with Crippen molar-refractivity contribution in [3.63, 3.8) is 0 Å². The first-order valence-electron chi connectivity index (χ1n) is 9.03. The molecule has 1 aliphatic rings. The Hall–Kier alpha value is -2.19. The molecular formula is C18H29N5O3. The second-order valence-electron chi connectivity index (χ2n) is 7.19. The van der Waals surface area contributed by atoms with Crippen molar-refractivity contribution in [3.05, 3.63) is 33.9 Å². The molecule has 1 heterocycles. The highest BCUT2D eigenvalue weighted by molar-refractivity contribution is 5.95. The predicted octanol–water partition coefficient (Wildman–Crippen LogP) is 1.78. The van der Waals surface area contributed by atoms with E-state index < -0.39 is 4.92 Å². The number of carbonyl (C=O) groups excluding carboxylic acids is 1. The molecule has 8 nitrogen and oxygen atoms in total. The van der Waals surface area contributed by atoms with Crippen LogP contribution in [0.1, 0.15) is 31.1 Å². The van der Waals surface area contributed by atoms with Gasteiger partial charge in [-0.3, -0.25) is 19.8 Å². The van der Waals surface area contributed by atoms with Gasteiger partial charge in [-0.25, -0.2) is 0 Å². The number of piperazine rings is 1. The molecule has 2 N–H and O–H groups in total. The number of anilines is 1. The van der Waals surface area contributed by atoms with E-state index in [1.807, 2.05) is 13.8 Å². The number of nitro groups is 1. The van der Waals surface area contributed by atoms with Gasteiger partial charge in [0.25, 0.3) is 11.6 Å². The number of nitrogens with zero attached hydrogens (tertiary/aromatic N) is 3. The molecule has 26 heavy (non-hydrogen) atoms. The van der Waals surface area contributed by atoms with Gasteiger partial charge in [0.1, 0.15) is 5.69 Å². The van der Waals surface area contributed by atoms with Crippen molar-refractivity contribution in [2.24, 2.45) is 0 Å². The molecule has 144 valence electrons. The summed E-state index contributed by atoms with van der Waals surface area (Å²) in [5.41, 5.74) is 0.659. The minimum absolute atomic E-state index is 0.0243. The lowest BCUT2D eigenvalue weighted by molar-refractivity contribution is -0.384. The Bertz CT molecular complexity index is 642. The summed E-state index contributed by atoms with van der Waals surface area (Å²) in [6, 6.07) is 4.81. The topological polar surface area (TPSA) is 90.8 Å². The van der Waals surface area contributed by atoms with E-state index in [0.717, 1.165) is 26.2 Å². The van der Waals surface area contributed by atoms with Crippen LogP contribution < -0.4 is 10.6 Å². The highest BCUT2D eigenvalue weighted by atomic mass is 16.6. The maximum Gasteiger partial charge on any atom is 0.293 e. The Balaban J connectivity index is 2.04. The molecule has 1 unspecified atom stereocenters. The van der Waals surface area contributed by atoms with Crippen molar-refractivity contribution in [3.8, 4) is 0 Å². The monoisotopic (exact) mass is 363 g/mol. The van der Waals surface area contributed by atoms with Crippen LogP contribution in [0, 0.1) is 10.1 Å². The van der Waals surface area contributed by atoms with E-state index in [2.05, 4.69) is 34.4 Å². The number of hydrogen-bond donors (Lipinski definition) is 2. The SMILES string of the molecule is CC(C)NC(=O)c1ccc(NCC(C)N2CCN(C)CC2)c([N+](=O)[O-])c1. The molecule has 0 aliphatic carbocycles. The van der Waals surface area contributed by atoms with Gasteiger partial charge in [0.05, 0.1) is 4.92 Å². The van der Waals surface area contributed by atoms with Crippen LogP contribution in [0.15, 0.2) is 18.2 Å². The summed E-state index contributed by atoms with van der Waals surface area (Å²) in [5, 5.41) is 17.3. The number of nitrogens with one attached hydrogen (secondary N) is 2. The van der Waals surface area contributed by atoms with E-state index in [-0.39, 0.29) is 23.7 Å². The highest BCUT2D eigenvalue weighted by Crippen LogP contribution is 2.26. The van der Waals surface area contributed by atoms with Crippen molar-refractivity contribution in [1.29, 1.82) is 0 Å². The van der Waals surface area contributed by atoms with E-state index in [1.165, 1.54) is 6.07 Å². The Kier molecular flexibility index (Phi) is 6.93. The minimum atomic E-state index is -0.449. The molecule has 8 heteroatoms. The molecule has 0 bridgehead atoms. The summed E-state index contributed by atoms with van der Waals surface area (Å²) in [6.45, 7) is 10.5. The second-order valence-corrected chi connectivity index (χ2v) is 7.19. The fourth-order valence-corrected chi connectivity index (χ4v) is 2.97. The van der Waals surface area contributed by atoms with E-state index >= 15 is 0 Å². The molecule has 2 rings (SSSR count). The fraction of sp³-hybridized carbons (Fsp3) is 0.611. The standard InChI is InChI=1S/C18H29N5O3/c1-13(2)20-18(24)15-5-6-16(17(11-15)23(25)26)19-12-14(3)22-9-7-21(4)8-10-22/h5-6,11,13-14,19H,7-10,12H2,1-4H3,(H,20,24). The lowest BCUT2D eigenvalue weighted by Crippen LogP contribution is -2.49. The average Bonchev–Trinajstić information content (AvgIpc) is 2.59. The number of hydrogen-bond acceptors (Lipinski definition) is 6. The lowest BCUT2D eigenvalue weighted by Gasteiger charge is -2.36. The van der Waals surface area contributed by atoms with Crippen LogP contribution in [0.4, 0.5) is 11.4 Å². The van der Waals surface area contributed by atoms with Gasteiger partial charge in [0, 0.05) is 56.4 Å². The van der Waals surface area contributed by atoms with Crippen LogP contribution in [0.3, 0.4) is 0 Å². The maximum atomic E-state index is 12.1. The van der Waals surface area contributed by atoms with Gasteiger partial charge in [0.2, 0.25) is 0 Å². The summed E-state index contributed by atoms with van der Waals surface area (Å²) in [6.07, 6.45) is 0. The molecular weight excluding hydrogens is 334 g/mol. The molecule has 1 atom stereocenters. The molecule has 0 radical (unpaired) electrons. The van der Waals surface area contributed by atoms with Crippen molar-refractivity contribution in [1.82, 2.24) is 15.1 Å². The number of rotatable bonds is 7. The second kappa shape index (κ2) is 8.95. The zero-order valence-electron chi connectivity index (χ0n) is 16.0. The molecule has 1 aromatic carbocycles. The van der Waals surface area contributed by atoms with Crippen LogP contribution in [0.5, 0.6) is 0 Å². The molecule has 1 aliphatic heterocycles. The van der Waals surface area contributed by atoms with Crippen LogP contribution in [0.2, 0.25) is 0 Å². The Labute approximate surface area is 154 Å². The molecule has 1 amide bonds. The number of likely N-dealkylation sites (N-methyl/N-ethyl adjacent to an activating group) is 1. The largest absolute Gasteiger partial charge is 0.378 e. The Morgan fingerprint density at radius 1 is 1.23 bits per heavy atom. The first-order valence-corrected chi connectivity index (χ1v) is 9.03. The van der Waals surface area contributed by atoms with Crippen LogP contribution in [-0.2, 0) is 0 Å². The van der Waals surface area contributed by atoms with Gasteiger partial charge >= 0.3 is 0 Å². The first kappa shape index (κ1) is 20.1. The normalized spacial score (nSPS) is 17.1. The molecule has 1 fully saturated rings. The third-order valence-electron chi connectivity index (χ3n) is 4.63. The first-order chi connectivity index (χ1) is 12.3. The average molecular weight is 363 g/mol. The van der Waals surface area contributed by atoms with E-state index in [0.29, 0.717) is 17.8 Å². The summed E-state index contributed by atoms with van der Waals surface area (Å²) in [5.74, 6) is -0.305. The van der Waals surface area contributed by atoms with Gasteiger partial charge in [0.15, 0.2) is 0 Å². The van der Waals surface area contributed by atoms with Crippen LogP contribution >= 0.6 is 0 Å². The molecule has 0 saturated carbocycles. The van der Waals surface area contributed by atoms with Gasteiger partial charge < -0.3 is 15.5 Å². The number of benzene rings is 1. The molecule has 0 spiro atoms. The van der Waals surface area contributed by atoms with Crippen LogP contribution in [0.25, 0.3) is 0 Å². The lowest BCUT2D eigenvalue weighted by atomic mass is 10.1. The van der Waals surface area contributed by atoms with Crippen molar-refractivity contribution >= 4 is 17.3 Å². The van der Waals surface area contributed by atoms with Gasteiger partial charge in [-0.05, 0) is 40.0 Å². The molecule has 0 aromatic heterocycles. The predicted molar refractivity (Wildman–Crippen MR) is 103 cm³/mol. The van der Waals surface area contributed by atoms with Gasteiger partial charge in [-0.2, -0.15) is 0 Å². The van der Waals surface area contributed by atoms with E-state index in [4.69, 9.17) is 0 Å². The quantitative estimate of drug-likeness (QED) is 0.567. The number of nitro benzene ring substituents is 1. The molecule has 1 saturated heterocycles. The third kappa shape index (κ3) is 5.40. The summed E-state index contributed by atoms with van der Waals surface area (Å²) < 4.78 is 0. The zero-order chi connectivity index (χ0) is 19.3. The van der Waals surface area contributed by atoms with Gasteiger partial charge in [-0.15, -0.1) is 0 Å². The van der Waals surface area contributed by atoms with Crippen molar-refractivity contribution in [2.45, 2.75) is 32.9 Å². The van der Waals surface area contributed by atoms with Gasteiger partial charge in [-0.1, -0.05) is 0 Å². The Morgan fingerprint density at radius 3 is 2.46 bits per heavy atom. The van der Waals surface area contributed by atoms with E-state index in [9.17, 15) is 14.9 Å². The minimum Gasteiger partial charge on any atom is -0.378 e. The smallest absolute Gasteiger partial charge is 0.293 e. The van der Waals surface area contributed by atoms with E-state index in [1.54, 1.807) is 12.1 Å². The third-order valence-corrected chi connectivity index (χ3v) is 4.63. The summed E-state index contributed by atoms with van der Waals surface area (Å²) >= 11 is 0. The Morgan fingerprint density at radius 2 is 1.88 bits per heavy atom. The van der Waals surface area contributed by atoms with Crippen LogP contribution in [-0.4, -0.2) is 72.5 Å². The van der Waals surface area contributed by atoms with Crippen molar-refractivity contribution < 1.29 is 9.72 Å². The summed E-state index contributed by atoms with van der Waals surface area (Å²) in [7, 11) is 2.11. The summed E-state index contributed by atoms with van der Waals surface area (Å²) in [4.78, 5) is 27.7. The number of amides is 1. The maximum absolute atomic E-state index is 12.1.